The zero-order valence-corrected chi connectivity index (χ0v) is 12.8. The standard InChI is InChI=1S/C16H24ClFN2/c1-2-11-6-3-4-7-12(11)16(20-19)10-13-14(17)8-5-9-15(13)18/h5,8-9,11-12,16,20H,2-4,6-7,10,19H2,1H3. The van der Waals surface area contributed by atoms with Gasteiger partial charge in [0.05, 0.1) is 0 Å². The van der Waals surface area contributed by atoms with Gasteiger partial charge < -0.3 is 0 Å². The molecular formula is C16H24ClFN2. The lowest BCUT2D eigenvalue weighted by atomic mass is 9.73. The maximum Gasteiger partial charge on any atom is 0.127 e. The smallest absolute Gasteiger partial charge is 0.127 e. The Kier molecular flexibility index (Phi) is 5.82. The molecule has 1 aromatic rings. The first-order valence-corrected chi connectivity index (χ1v) is 7.94. The Morgan fingerprint density at radius 3 is 2.80 bits per heavy atom. The molecule has 0 aromatic heterocycles. The summed E-state index contributed by atoms with van der Waals surface area (Å²) in [7, 11) is 0. The molecule has 0 amide bonds. The first-order chi connectivity index (χ1) is 9.67. The molecule has 112 valence electrons. The van der Waals surface area contributed by atoms with Gasteiger partial charge in [0.2, 0.25) is 0 Å². The lowest BCUT2D eigenvalue weighted by Crippen LogP contribution is -2.46. The maximum absolute atomic E-state index is 13.9. The van der Waals surface area contributed by atoms with Crippen molar-refractivity contribution in [2.75, 3.05) is 0 Å². The van der Waals surface area contributed by atoms with E-state index in [-0.39, 0.29) is 11.9 Å². The monoisotopic (exact) mass is 298 g/mol. The minimum atomic E-state index is -0.235. The Hall–Kier alpha value is -0.640. The molecule has 3 atom stereocenters. The third-order valence-corrected chi connectivity index (χ3v) is 5.06. The lowest BCUT2D eigenvalue weighted by molar-refractivity contribution is 0.174. The van der Waals surface area contributed by atoms with Crippen LogP contribution in [0.15, 0.2) is 18.2 Å². The van der Waals surface area contributed by atoms with E-state index >= 15 is 0 Å². The predicted octanol–water partition coefficient (Wildman–Crippen LogP) is 4.07. The molecule has 1 aliphatic rings. The SMILES string of the molecule is CCC1CCCCC1C(Cc1c(F)cccc1Cl)NN. The van der Waals surface area contributed by atoms with Gasteiger partial charge >= 0.3 is 0 Å². The molecule has 0 bridgehead atoms. The van der Waals surface area contributed by atoms with Gasteiger partial charge in [-0.1, -0.05) is 50.3 Å². The number of halogens is 2. The fraction of sp³-hybridized carbons (Fsp3) is 0.625. The van der Waals surface area contributed by atoms with Crippen molar-refractivity contribution in [3.05, 3.63) is 34.6 Å². The highest BCUT2D eigenvalue weighted by Crippen LogP contribution is 2.36. The molecule has 0 radical (unpaired) electrons. The minimum absolute atomic E-state index is 0.0923. The molecule has 4 heteroatoms. The number of benzene rings is 1. The molecule has 3 unspecified atom stereocenters. The second kappa shape index (κ2) is 7.39. The van der Waals surface area contributed by atoms with Gasteiger partial charge in [0.1, 0.15) is 5.82 Å². The molecule has 0 heterocycles. The van der Waals surface area contributed by atoms with E-state index in [0.717, 1.165) is 6.42 Å². The fourth-order valence-corrected chi connectivity index (χ4v) is 3.79. The van der Waals surface area contributed by atoms with Crippen LogP contribution in [-0.2, 0) is 6.42 Å². The Balaban J connectivity index is 2.15. The molecule has 1 saturated carbocycles. The first kappa shape index (κ1) is 15.7. The number of hydrogen-bond acceptors (Lipinski definition) is 2. The average Bonchev–Trinajstić information content (AvgIpc) is 2.47. The van der Waals surface area contributed by atoms with Crippen LogP contribution in [0.3, 0.4) is 0 Å². The quantitative estimate of drug-likeness (QED) is 0.635. The van der Waals surface area contributed by atoms with Crippen LogP contribution in [0.1, 0.15) is 44.6 Å². The van der Waals surface area contributed by atoms with Gasteiger partial charge in [0.15, 0.2) is 0 Å². The molecule has 0 saturated heterocycles. The van der Waals surface area contributed by atoms with E-state index in [9.17, 15) is 4.39 Å². The number of nitrogens with two attached hydrogens (primary N) is 1. The summed E-state index contributed by atoms with van der Waals surface area (Å²) in [5.41, 5.74) is 3.49. The van der Waals surface area contributed by atoms with Crippen LogP contribution in [0, 0.1) is 17.7 Å². The van der Waals surface area contributed by atoms with Crippen LogP contribution in [-0.4, -0.2) is 6.04 Å². The van der Waals surface area contributed by atoms with E-state index in [4.69, 9.17) is 17.4 Å². The topological polar surface area (TPSA) is 38.0 Å². The van der Waals surface area contributed by atoms with E-state index in [2.05, 4.69) is 12.3 Å². The third kappa shape index (κ3) is 3.51. The highest BCUT2D eigenvalue weighted by molar-refractivity contribution is 6.31. The molecule has 1 aromatic carbocycles. The Morgan fingerprint density at radius 1 is 1.40 bits per heavy atom. The first-order valence-electron chi connectivity index (χ1n) is 7.56. The Morgan fingerprint density at radius 2 is 2.15 bits per heavy atom. The highest BCUT2D eigenvalue weighted by Gasteiger charge is 2.31. The van der Waals surface area contributed by atoms with Crippen LogP contribution < -0.4 is 11.3 Å². The van der Waals surface area contributed by atoms with Gasteiger partial charge in [-0.25, -0.2) is 4.39 Å². The second-order valence-corrected chi connectivity index (χ2v) is 6.20. The Labute approximate surface area is 125 Å². The van der Waals surface area contributed by atoms with E-state index in [1.807, 2.05) is 0 Å². The van der Waals surface area contributed by atoms with Gasteiger partial charge in [-0.3, -0.25) is 11.3 Å². The minimum Gasteiger partial charge on any atom is -0.271 e. The molecule has 1 aliphatic carbocycles. The summed E-state index contributed by atoms with van der Waals surface area (Å²) in [6.45, 7) is 2.23. The second-order valence-electron chi connectivity index (χ2n) is 5.79. The molecule has 0 aliphatic heterocycles. The Bertz CT molecular complexity index is 418. The normalized spacial score (nSPS) is 24.6. The number of rotatable bonds is 5. The van der Waals surface area contributed by atoms with Crippen molar-refractivity contribution in [3.8, 4) is 0 Å². The summed E-state index contributed by atoms with van der Waals surface area (Å²) in [5, 5.41) is 0.495. The van der Waals surface area contributed by atoms with Gasteiger partial charge in [-0.15, -0.1) is 0 Å². The van der Waals surface area contributed by atoms with Crippen molar-refractivity contribution in [1.82, 2.24) is 5.43 Å². The molecule has 2 rings (SSSR count). The van der Waals surface area contributed by atoms with E-state index in [0.29, 0.717) is 28.8 Å². The summed E-state index contributed by atoms with van der Waals surface area (Å²) in [4.78, 5) is 0. The lowest BCUT2D eigenvalue weighted by Gasteiger charge is -2.36. The average molecular weight is 299 g/mol. The fourth-order valence-electron chi connectivity index (χ4n) is 3.55. The molecule has 1 fully saturated rings. The van der Waals surface area contributed by atoms with Crippen LogP contribution in [0.2, 0.25) is 5.02 Å². The summed E-state index contributed by atoms with van der Waals surface area (Å²) in [6.07, 6.45) is 6.68. The van der Waals surface area contributed by atoms with E-state index < -0.39 is 0 Å². The van der Waals surface area contributed by atoms with Crippen LogP contribution in [0.25, 0.3) is 0 Å². The number of hydrazine groups is 1. The molecule has 2 nitrogen and oxygen atoms in total. The van der Waals surface area contributed by atoms with Crippen LogP contribution in [0.5, 0.6) is 0 Å². The van der Waals surface area contributed by atoms with Crippen molar-refractivity contribution in [2.24, 2.45) is 17.7 Å². The highest BCUT2D eigenvalue weighted by atomic mass is 35.5. The third-order valence-electron chi connectivity index (χ3n) is 4.71. The van der Waals surface area contributed by atoms with Crippen LogP contribution in [0.4, 0.5) is 4.39 Å². The van der Waals surface area contributed by atoms with Gasteiger partial charge in [-0.05, 0) is 36.8 Å². The van der Waals surface area contributed by atoms with Crippen molar-refractivity contribution < 1.29 is 4.39 Å². The summed E-state index contributed by atoms with van der Waals surface area (Å²) >= 11 is 6.13. The number of hydrogen-bond donors (Lipinski definition) is 2. The van der Waals surface area contributed by atoms with Gasteiger partial charge in [-0.2, -0.15) is 0 Å². The molecule has 0 spiro atoms. The summed E-state index contributed by atoms with van der Waals surface area (Å²) in [5.74, 6) is 6.70. The zero-order chi connectivity index (χ0) is 14.5. The summed E-state index contributed by atoms with van der Waals surface area (Å²) < 4.78 is 13.9. The summed E-state index contributed by atoms with van der Waals surface area (Å²) in [6, 6.07) is 4.94. The van der Waals surface area contributed by atoms with Gasteiger partial charge in [0.25, 0.3) is 0 Å². The number of nitrogens with one attached hydrogen (secondary N) is 1. The largest absolute Gasteiger partial charge is 0.271 e. The van der Waals surface area contributed by atoms with Crippen LogP contribution >= 0.6 is 11.6 Å². The maximum atomic E-state index is 13.9. The van der Waals surface area contributed by atoms with E-state index in [1.54, 1.807) is 12.1 Å². The molecule has 20 heavy (non-hydrogen) atoms. The van der Waals surface area contributed by atoms with Crippen molar-refractivity contribution in [1.29, 1.82) is 0 Å². The predicted molar refractivity (Wildman–Crippen MR) is 82.0 cm³/mol. The van der Waals surface area contributed by atoms with E-state index in [1.165, 1.54) is 31.7 Å². The molecule has 3 N–H and O–H groups in total. The molecular weight excluding hydrogens is 275 g/mol. The van der Waals surface area contributed by atoms with Crippen molar-refractivity contribution >= 4 is 11.6 Å². The zero-order valence-electron chi connectivity index (χ0n) is 12.0. The van der Waals surface area contributed by atoms with Crippen molar-refractivity contribution in [2.45, 2.75) is 51.5 Å². The van der Waals surface area contributed by atoms with Gasteiger partial charge in [0, 0.05) is 16.6 Å². The van der Waals surface area contributed by atoms with Crippen molar-refractivity contribution in [3.63, 3.8) is 0 Å².